The smallest absolute Gasteiger partial charge is 0.407 e. The molecule has 0 aliphatic carbocycles. The Morgan fingerprint density at radius 3 is 1.30 bits per heavy atom. The second-order valence-corrected chi connectivity index (χ2v) is 12.3. The summed E-state index contributed by atoms with van der Waals surface area (Å²) in [6, 6.07) is 10.2. The highest BCUT2D eigenvalue weighted by atomic mass is 16.6. The number of nitrogens with one attached hydrogen (secondary N) is 2. The van der Waals surface area contributed by atoms with E-state index in [4.69, 9.17) is 9.47 Å². The molecule has 0 saturated carbocycles. The van der Waals surface area contributed by atoms with Crippen LogP contribution in [0.2, 0.25) is 0 Å². The summed E-state index contributed by atoms with van der Waals surface area (Å²) < 4.78 is 10.9. The van der Waals surface area contributed by atoms with Crippen molar-refractivity contribution in [1.29, 1.82) is 0 Å². The molecule has 0 bridgehead atoms. The molecule has 254 valence electrons. The van der Waals surface area contributed by atoms with Gasteiger partial charge in [0.1, 0.15) is 13.2 Å². The summed E-state index contributed by atoms with van der Waals surface area (Å²) in [5.74, 6) is 0. The van der Waals surface area contributed by atoms with Crippen molar-refractivity contribution in [2.24, 2.45) is 0 Å². The van der Waals surface area contributed by atoms with E-state index in [9.17, 15) is 9.59 Å². The van der Waals surface area contributed by atoms with E-state index >= 15 is 0 Å². The van der Waals surface area contributed by atoms with Gasteiger partial charge in [0.2, 0.25) is 0 Å². The predicted molar refractivity (Wildman–Crippen MR) is 184 cm³/mol. The van der Waals surface area contributed by atoms with Crippen molar-refractivity contribution in [2.45, 2.75) is 149 Å². The van der Waals surface area contributed by atoms with Crippen molar-refractivity contribution in [1.82, 2.24) is 15.5 Å². The standard InChI is InChI=1S/C37H67N3O4/c1-3-5-7-9-11-13-15-17-19-24-28-38-36(41)43-32-30-40(34-35-26-22-21-23-27-35)31-33-44-37(42)39-29-25-20-18-16-14-12-10-8-6-4-2/h21-23,26-27H,3-20,24-25,28-34H2,1-2H3,(H,38,41)(H,39,42). The monoisotopic (exact) mass is 618 g/mol. The topological polar surface area (TPSA) is 79.9 Å². The summed E-state index contributed by atoms with van der Waals surface area (Å²) in [6.07, 6.45) is 24.8. The highest BCUT2D eigenvalue weighted by Crippen LogP contribution is 2.11. The number of amides is 2. The van der Waals surface area contributed by atoms with Gasteiger partial charge in [-0.2, -0.15) is 0 Å². The Kier molecular flexibility index (Phi) is 27.8. The van der Waals surface area contributed by atoms with E-state index in [2.05, 4.69) is 41.5 Å². The van der Waals surface area contributed by atoms with Crippen molar-refractivity contribution in [3.63, 3.8) is 0 Å². The molecule has 0 aliphatic rings. The van der Waals surface area contributed by atoms with Gasteiger partial charge in [-0.25, -0.2) is 9.59 Å². The van der Waals surface area contributed by atoms with E-state index in [1.165, 1.54) is 108 Å². The predicted octanol–water partition coefficient (Wildman–Crippen LogP) is 9.78. The first kappa shape index (κ1) is 39.7. The summed E-state index contributed by atoms with van der Waals surface area (Å²) in [5, 5.41) is 5.76. The van der Waals surface area contributed by atoms with Gasteiger partial charge in [-0.05, 0) is 18.4 Å². The number of hydrogen-bond acceptors (Lipinski definition) is 5. The Bertz CT molecular complexity index is 733. The number of benzene rings is 1. The Hall–Kier alpha value is -2.28. The van der Waals surface area contributed by atoms with Crippen molar-refractivity contribution < 1.29 is 19.1 Å². The van der Waals surface area contributed by atoms with Gasteiger partial charge in [0, 0.05) is 32.7 Å². The number of carbonyl (C=O) groups excluding carboxylic acids is 2. The van der Waals surface area contributed by atoms with Gasteiger partial charge in [-0.3, -0.25) is 4.90 Å². The van der Waals surface area contributed by atoms with Crippen LogP contribution in [-0.4, -0.2) is 56.5 Å². The summed E-state index contributed by atoms with van der Waals surface area (Å²) in [4.78, 5) is 26.5. The van der Waals surface area contributed by atoms with Gasteiger partial charge >= 0.3 is 12.2 Å². The number of carbonyl (C=O) groups is 2. The van der Waals surface area contributed by atoms with Gasteiger partial charge in [-0.1, -0.05) is 160 Å². The number of hydrogen-bond donors (Lipinski definition) is 2. The van der Waals surface area contributed by atoms with Gasteiger partial charge in [0.25, 0.3) is 0 Å². The second-order valence-electron chi connectivity index (χ2n) is 12.3. The zero-order valence-corrected chi connectivity index (χ0v) is 28.6. The molecule has 0 radical (unpaired) electrons. The lowest BCUT2D eigenvalue weighted by molar-refractivity contribution is 0.104. The zero-order chi connectivity index (χ0) is 31.8. The molecule has 0 aliphatic heterocycles. The molecule has 1 rings (SSSR count). The molecule has 44 heavy (non-hydrogen) atoms. The molecule has 0 atom stereocenters. The number of ether oxygens (including phenoxy) is 2. The average Bonchev–Trinajstić information content (AvgIpc) is 3.03. The van der Waals surface area contributed by atoms with E-state index in [0.717, 1.165) is 25.7 Å². The van der Waals surface area contributed by atoms with Crippen LogP contribution >= 0.6 is 0 Å². The highest BCUT2D eigenvalue weighted by Gasteiger charge is 2.10. The molecule has 0 heterocycles. The first-order valence-electron chi connectivity index (χ1n) is 18.2. The van der Waals surface area contributed by atoms with E-state index < -0.39 is 0 Å². The van der Waals surface area contributed by atoms with Crippen LogP contribution in [0.5, 0.6) is 0 Å². The maximum absolute atomic E-state index is 12.2. The summed E-state index contributed by atoms with van der Waals surface area (Å²) in [5.41, 5.74) is 1.17. The summed E-state index contributed by atoms with van der Waals surface area (Å²) >= 11 is 0. The third-order valence-corrected chi connectivity index (χ3v) is 8.13. The van der Waals surface area contributed by atoms with Gasteiger partial charge in [-0.15, -0.1) is 0 Å². The van der Waals surface area contributed by atoms with Crippen LogP contribution in [0.25, 0.3) is 0 Å². The van der Waals surface area contributed by atoms with Crippen LogP contribution in [0.15, 0.2) is 30.3 Å². The maximum Gasteiger partial charge on any atom is 0.407 e. The molecule has 1 aromatic rings. The van der Waals surface area contributed by atoms with Crippen LogP contribution in [-0.2, 0) is 16.0 Å². The van der Waals surface area contributed by atoms with E-state index in [1.807, 2.05) is 18.2 Å². The maximum atomic E-state index is 12.2. The van der Waals surface area contributed by atoms with Crippen LogP contribution in [0.3, 0.4) is 0 Å². The first-order valence-corrected chi connectivity index (χ1v) is 18.2. The van der Waals surface area contributed by atoms with Crippen molar-refractivity contribution in [2.75, 3.05) is 39.4 Å². The normalized spacial score (nSPS) is 11.1. The van der Waals surface area contributed by atoms with Crippen LogP contribution in [0.1, 0.15) is 148 Å². The third kappa shape index (κ3) is 26.2. The van der Waals surface area contributed by atoms with Crippen LogP contribution in [0.4, 0.5) is 9.59 Å². The molecular formula is C37H67N3O4. The molecule has 1 aromatic carbocycles. The first-order chi connectivity index (χ1) is 21.7. The molecule has 0 aromatic heterocycles. The fraction of sp³-hybridized carbons (Fsp3) is 0.784. The molecule has 2 amide bonds. The Labute approximate surface area is 270 Å². The fourth-order valence-electron chi connectivity index (χ4n) is 5.35. The summed E-state index contributed by atoms with van der Waals surface area (Å²) in [6.45, 7) is 8.26. The lowest BCUT2D eigenvalue weighted by Crippen LogP contribution is -2.34. The number of nitrogens with zero attached hydrogens (tertiary/aromatic N) is 1. The van der Waals surface area contributed by atoms with Crippen LogP contribution < -0.4 is 10.6 Å². The van der Waals surface area contributed by atoms with Gasteiger partial charge < -0.3 is 20.1 Å². The molecule has 0 fully saturated rings. The SMILES string of the molecule is CCCCCCCCCCCCNC(=O)OCCN(CCOC(=O)NCCCCCCCCCCCC)Cc1ccccc1. The quantitative estimate of drug-likeness (QED) is 0.0840. The number of unbranched alkanes of at least 4 members (excludes halogenated alkanes) is 18. The second kappa shape index (κ2) is 30.7. The largest absolute Gasteiger partial charge is 0.448 e. The zero-order valence-electron chi connectivity index (χ0n) is 28.6. The van der Waals surface area contributed by atoms with Crippen molar-refractivity contribution >= 4 is 12.2 Å². The Morgan fingerprint density at radius 1 is 0.545 bits per heavy atom. The minimum absolute atomic E-state index is 0.293. The van der Waals surface area contributed by atoms with Crippen molar-refractivity contribution in [3.8, 4) is 0 Å². The van der Waals surface area contributed by atoms with Crippen molar-refractivity contribution in [3.05, 3.63) is 35.9 Å². The molecule has 2 N–H and O–H groups in total. The summed E-state index contributed by atoms with van der Waals surface area (Å²) in [7, 11) is 0. The molecule has 7 heteroatoms. The number of alkyl carbamates (subject to hydrolysis) is 2. The van der Waals surface area contributed by atoms with E-state index in [-0.39, 0.29) is 12.2 Å². The minimum atomic E-state index is -0.358. The molecule has 0 unspecified atom stereocenters. The Balaban J connectivity index is 2.13. The molecule has 7 nitrogen and oxygen atoms in total. The number of rotatable bonds is 30. The molecule has 0 saturated heterocycles. The fourth-order valence-corrected chi connectivity index (χ4v) is 5.35. The van der Waals surface area contributed by atoms with Crippen LogP contribution in [0, 0.1) is 0 Å². The van der Waals surface area contributed by atoms with E-state index in [0.29, 0.717) is 45.9 Å². The average molecular weight is 618 g/mol. The van der Waals surface area contributed by atoms with Gasteiger partial charge in [0.15, 0.2) is 0 Å². The molecule has 0 spiro atoms. The Morgan fingerprint density at radius 2 is 0.909 bits per heavy atom. The molecular weight excluding hydrogens is 550 g/mol. The lowest BCUT2D eigenvalue weighted by Gasteiger charge is -2.22. The van der Waals surface area contributed by atoms with Gasteiger partial charge in [0.05, 0.1) is 0 Å². The lowest BCUT2D eigenvalue weighted by atomic mass is 10.1. The minimum Gasteiger partial charge on any atom is -0.448 e. The van der Waals surface area contributed by atoms with E-state index in [1.54, 1.807) is 0 Å². The third-order valence-electron chi connectivity index (χ3n) is 8.13. The highest BCUT2D eigenvalue weighted by molar-refractivity contribution is 5.67.